The van der Waals surface area contributed by atoms with Gasteiger partial charge in [0, 0.05) is 48.7 Å². The zero-order chi connectivity index (χ0) is 36.8. The molecule has 5 rings (SSSR count). The summed E-state index contributed by atoms with van der Waals surface area (Å²) in [5.41, 5.74) is 9.80. The molecule has 0 saturated carbocycles. The van der Waals surface area contributed by atoms with Crippen LogP contribution < -0.4 is 39.8 Å². The summed E-state index contributed by atoms with van der Waals surface area (Å²) in [4.78, 5) is 1.76. The van der Waals surface area contributed by atoms with Crippen molar-refractivity contribution in [2.24, 2.45) is 0 Å². The Morgan fingerprint density at radius 2 is 1.40 bits per heavy atom. The van der Waals surface area contributed by atoms with Gasteiger partial charge in [-0.2, -0.15) is 8.42 Å². The molecule has 4 aromatic rings. The van der Waals surface area contributed by atoms with Gasteiger partial charge in [0.2, 0.25) is 0 Å². The number of benzene rings is 4. The van der Waals surface area contributed by atoms with E-state index in [1.54, 1.807) is 12.1 Å². The number of allylic oxidation sites excluding steroid dienone is 5. The average molecular weight is 749 g/mol. The van der Waals surface area contributed by atoms with Crippen LogP contribution in [0, 0.1) is 6.92 Å². The molecular formula is C40H43N3NaO6S2+. The molecule has 1 aliphatic rings. The van der Waals surface area contributed by atoms with E-state index in [2.05, 4.69) is 95.4 Å². The van der Waals surface area contributed by atoms with Gasteiger partial charge in [-0.25, -0.2) is 13.0 Å². The Kier molecular flexibility index (Phi) is 14.0. The monoisotopic (exact) mass is 748 g/mol. The van der Waals surface area contributed by atoms with Gasteiger partial charge in [0.25, 0.3) is 10.1 Å². The first-order valence-electron chi connectivity index (χ1n) is 16.8. The Morgan fingerprint density at radius 3 is 1.98 bits per heavy atom. The van der Waals surface area contributed by atoms with Crippen molar-refractivity contribution in [2.75, 3.05) is 29.9 Å². The smallest absolute Gasteiger partial charge is 0.744 e. The van der Waals surface area contributed by atoms with Crippen molar-refractivity contribution in [3.05, 3.63) is 149 Å². The summed E-state index contributed by atoms with van der Waals surface area (Å²) in [6.07, 6.45) is 8.32. The SMILES string of the molecule is CCNc1ccc(C(=C2C=CC(=[N+](CC)Cc3cccc(S(=O)(=O)O)c3)C=C2)c2ccc(N(CC)Cc3cccc(S(=O)(=O)[O-])c3)cc2)cc1C.[Na+]. The number of hydrogen-bond donors (Lipinski definition) is 2. The first-order chi connectivity index (χ1) is 24.3. The van der Waals surface area contributed by atoms with E-state index in [4.69, 9.17) is 0 Å². The van der Waals surface area contributed by atoms with Crippen LogP contribution in [0.4, 0.5) is 11.4 Å². The van der Waals surface area contributed by atoms with Crippen LogP contribution in [0.25, 0.3) is 5.57 Å². The molecule has 0 aromatic heterocycles. The second-order valence-electron chi connectivity index (χ2n) is 12.3. The summed E-state index contributed by atoms with van der Waals surface area (Å²) in [6.45, 7) is 11.3. The Morgan fingerprint density at radius 1 is 0.788 bits per heavy atom. The van der Waals surface area contributed by atoms with Crippen molar-refractivity contribution in [2.45, 2.75) is 50.6 Å². The zero-order valence-corrected chi connectivity index (χ0v) is 33.8. The summed E-state index contributed by atoms with van der Waals surface area (Å²) < 4.78 is 69.9. The number of nitrogens with zero attached hydrogens (tertiary/aromatic N) is 2. The van der Waals surface area contributed by atoms with Gasteiger partial charge in [0.1, 0.15) is 16.7 Å². The van der Waals surface area contributed by atoms with E-state index in [-0.39, 0.29) is 39.3 Å². The van der Waals surface area contributed by atoms with E-state index in [1.807, 2.05) is 26.0 Å². The first-order valence-corrected chi connectivity index (χ1v) is 19.7. The molecule has 0 spiro atoms. The predicted molar refractivity (Wildman–Crippen MR) is 203 cm³/mol. The van der Waals surface area contributed by atoms with Crippen molar-refractivity contribution in [3.8, 4) is 0 Å². The van der Waals surface area contributed by atoms with Crippen LogP contribution in [0.15, 0.2) is 131 Å². The summed E-state index contributed by atoms with van der Waals surface area (Å²) in [7, 11) is -8.84. The molecular weight excluding hydrogens is 706 g/mol. The molecule has 0 fully saturated rings. The van der Waals surface area contributed by atoms with E-state index in [0.29, 0.717) is 26.2 Å². The maximum absolute atomic E-state index is 11.7. The molecule has 0 atom stereocenters. The van der Waals surface area contributed by atoms with Gasteiger partial charge >= 0.3 is 29.6 Å². The van der Waals surface area contributed by atoms with Gasteiger partial charge in [-0.15, -0.1) is 0 Å². The van der Waals surface area contributed by atoms with Gasteiger partial charge in [0.05, 0.1) is 9.79 Å². The second kappa shape index (κ2) is 17.8. The molecule has 4 aromatic carbocycles. The van der Waals surface area contributed by atoms with E-state index >= 15 is 0 Å². The van der Waals surface area contributed by atoms with Crippen LogP contribution in [0.2, 0.25) is 0 Å². The van der Waals surface area contributed by atoms with E-state index in [1.165, 1.54) is 24.3 Å². The fourth-order valence-electron chi connectivity index (χ4n) is 6.20. The van der Waals surface area contributed by atoms with Gasteiger partial charge < -0.3 is 14.8 Å². The van der Waals surface area contributed by atoms with Crippen molar-refractivity contribution in [1.82, 2.24) is 0 Å². The molecule has 0 amide bonds. The van der Waals surface area contributed by atoms with Crippen LogP contribution in [-0.4, -0.2) is 55.9 Å². The molecule has 0 unspecified atom stereocenters. The third-order valence-electron chi connectivity index (χ3n) is 8.82. The Labute approximate surface area is 329 Å². The Bertz CT molecular complexity index is 2240. The maximum atomic E-state index is 11.7. The number of anilines is 2. The third kappa shape index (κ3) is 10.2. The van der Waals surface area contributed by atoms with Crippen LogP contribution >= 0.6 is 0 Å². The van der Waals surface area contributed by atoms with Gasteiger partial charge in [0.15, 0.2) is 12.3 Å². The third-order valence-corrected chi connectivity index (χ3v) is 10.5. The minimum atomic E-state index is -4.55. The number of aryl methyl sites for hydroxylation is 1. The Balaban J connectivity index is 0.00000605. The van der Waals surface area contributed by atoms with Crippen molar-refractivity contribution in [1.29, 1.82) is 0 Å². The molecule has 0 saturated heterocycles. The molecule has 0 bridgehead atoms. The molecule has 0 heterocycles. The van der Waals surface area contributed by atoms with Crippen LogP contribution in [0.1, 0.15) is 48.6 Å². The van der Waals surface area contributed by atoms with Gasteiger partial charge in [-0.3, -0.25) is 4.55 Å². The summed E-state index contributed by atoms with van der Waals surface area (Å²) in [5.74, 6) is 0. The molecule has 1 aliphatic carbocycles. The molecule has 0 radical (unpaired) electrons. The van der Waals surface area contributed by atoms with Crippen LogP contribution in [0.3, 0.4) is 0 Å². The Hall–Kier alpha value is -3.81. The van der Waals surface area contributed by atoms with Crippen molar-refractivity contribution in [3.63, 3.8) is 0 Å². The van der Waals surface area contributed by atoms with E-state index in [9.17, 15) is 25.9 Å². The van der Waals surface area contributed by atoms with E-state index in [0.717, 1.165) is 62.6 Å². The second-order valence-corrected chi connectivity index (χ2v) is 15.1. The number of hydrogen-bond acceptors (Lipinski definition) is 7. The number of rotatable bonds is 13. The number of nitrogens with one attached hydrogen (secondary N) is 1. The minimum absolute atomic E-state index is 0. The summed E-state index contributed by atoms with van der Waals surface area (Å²) >= 11 is 0. The van der Waals surface area contributed by atoms with Crippen molar-refractivity contribution >= 4 is 42.9 Å². The molecule has 12 heteroatoms. The normalized spacial score (nSPS) is 12.7. The molecule has 9 nitrogen and oxygen atoms in total. The fraction of sp³-hybridized carbons (Fsp3) is 0.225. The summed E-state index contributed by atoms with van der Waals surface area (Å²) in [6, 6.07) is 27.2. The van der Waals surface area contributed by atoms with Crippen LogP contribution in [-0.2, 0) is 33.3 Å². The zero-order valence-electron chi connectivity index (χ0n) is 30.2. The van der Waals surface area contributed by atoms with Gasteiger partial charge in [-0.05, 0) is 122 Å². The standard InChI is InChI=1S/C40H43N3O6S2.Na/c1-5-41-39-23-18-34(24-29(39)4)40(32-14-19-35(20-15-32)42(6-2)27-30-10-8-12-37(25-30)50(44,45)46)33-16-21-36(22-17-33)43(7-3)28-31-11-9-13-38(26-31)51(47,48)49;/h8-26H,5-7,27-28H2,1-4H3,(H2,44,45,46,47,48,49);/q;+1. The van der Waals surface area contributed by atoms with E-state index < -0.39 is 20.2 Å². The molecule has 0 aliphatic heterocycles. The van der Waals surface area contributed by atoms with Crippen LogP contribution in [0.5, 0.6) is 0 Å². The van der Waals surface area contributed by atoms with Crippen molar-refractivity contribution < 1.29 is 60.1 Å². The fourth-order valence-corrected chi connectivity index (χ4v) is 7.29. The maximum Gasteiger partial charge on any atom is 1.00 e. The molecule has 2 N–H and O–H groups in total. The quantitative estimate of drug-likeness (QED) is 0.118. The average Bonchev–Trinajstić information content (AvgIpc) is 3.11. The predicted octanol–water partition coefficient (Wildman–Crippen LogP) is 4.21. The van der Waals surface area contributed by atoms with Gasteiger partial charge in [-0.1, -0.05) is 42.5 Å². The largest absolute Gasteiger partial charge is 1.00 e. The summed E-state index contributed by atoms with van der Waals surface area (Å²) in [5, 5.41) is 3.42. The molecule has 266 valence electrons. The first kappa shape index (κ1) is 41.0. The topological polar surface area (TPSA) is 130 Å². The minimum Gasteiger partial charge on any atom is -0.744 e. The molecule has 52 heavy (non-hydrogen) atoms.